The summed E-state index contributed by atoms with van der Waals surface area (Å²) < 4.78 is 31.8. The number of halogens is 1. The summed E-state index contributed by atoms with van der Waals surface area (Å²) in [6.45, 7) is 0.623. The second kappa shape index (κ2) is 11.0. The largest absolute Gasteiger partial charge is 0.455 e. The van der Waals surface area contributed by atoms with E-state index >= 15 is 0 Å². The van der Waals surface area contributed by atoms with Crippen LogP contribution in [0.5, 0.6) is 0 Å². The highest BCUT2D eigenvalue weighted by atomic mass is 35.5. The van der Waals surface area contributed by atoms with E-state index in [9.17, 15) is 18.0 Å². The van der Waals surface area contributed by atoms with Crippen LogP contribution >= 0.6 is 23.4 Å². The molecule has 0 radical (unpaired) electrons. The monoisotopic (exact) mass is 482 g/mol. The number of nitrogens with zero attached hydrogens (tertiary/aromatic N) is 1. The lowest BCUT2D eigenvalue weighted by Crippen LogP contribution is -2.35. The van der Waals surface area contributed by atoms with Crippen molar-refractivity contribution >= 4 is 50.9 Å². The fourth-order valence-corrected chi connectivity index (χ4v) is 5.60. The van der Waals surface area contributed by atoms with Gasteiger partial charge in [-0.2, -0.15) is 4.31 Å². The molecule has 1 aliphatic rings. The zero-order valence-electron chi connectivity index (χ0n) is 16.8. The summed E-state index contributed by atoms with van der Waals surface area (Å²) >= 11 is 7.26. The van der Waals surface area contributed by atoms with Crippen LogP contribution in [0, 0.1) is 0 Å². The third kappa shape index (κ3) is 6.70. The molecule has 31 heavy (non-hydrogen) atoms. The predicted molar refractivity (Wildman–Crippen MR) is 121 cm³/mol. The predicted octanol–water partition coefficient (Wildman–Crippen LogP) is 3.79. The fraction of sp³-hybridized carbons (Fsp3) is 0.333. The molecule has 0 aromatic heterocycles. The first-order valence-electron chi connectivity index (χ1n) is 9.79. The average molecular weight is 483 g/mol. The zero-order chi connectivity index (χ0) is 22.3. The second-order valence-corrected chi connectivity index (χ2v) is 10.3. The number of rotatable bonds is 8. The van der Waals surface area contributed by atoms with Gasteiger partial charge >= 0.3 is 5.97 Å². The van der Waals surface area contributed by atoms with Gasteiger partial charge in [0.25, 0.3) is 5.91 Å². The van der Waals surface area contributed by atoms with E-state index < -0.39 is 28.5 Å². The lowest BCUT2D eigenvalue weighted by atomic mass is 10.2. The molecular weight excluding hydrogens is 460 g/mol. The Morgan fingerprint density at radius 2 is 1.71 bits per heavy atom. The molecule has 3 rings (SSSR count). The van der Waals surface area contributed by atoms with Crippen molar-refractivity contribution in [2.75, 3.05) is 30.8 Å². The molecule has 0 bridgehead atoms. The van der Waals surface area contributed by atoms with Crippen LogP contribution in [0.15, 0.2) is 58.3 Å². The summed E-state index contributed by atoms with van der Waals surface area (Å²) in [5.74, 6) is -1.02. The Kier molecular flexibility index (Phi) is 8.36. The first-order valence-corrected chi connectivity index (χ1v) is 12.6. The average Bonchev–Trinajstić information content (AvgIpc) is 2.78. The van der Waals surface area contributed by atoms with Crippen molar-refractivity contribution in [3.8, 4) is 0 Å². The molecule has 0 atom stereocenters. The van der Waals surface area contributed by atoms with E-state index in [4.69, 9.17) is 16.3 Å². The molecule has 1 N–H and O–H groups in total. The number of esters is 1. The number of benzene rings is 2. The number of carbonyl (C=O) groups is 2. The molecule has 166 valence electrons. The Morgan fingerprint density at radius 1 is 1.03 bits per heavy atom. The van der Waals surface area contributed by atoms with E-state index in [1.165, 1.54) is 40.3 Å². The van der Waals surface area contributed by atoms with Gasteiger partial charge in [-0.3, -0.25) is 9.59 Å². The first-order chi connectivity index (χ1) is 14.9. The molecule has 1 saturated heterocycles. The van der Waals surface area contributed by atoms with Gasteiger partial charge < -0.3 is 10.1 Å². The molecule has 1 heterocycles. The van der Waals surface area contributed by atoms with E-state index in [2.05, 4.69) is 5.32 Å². The Balaban J connectivity index is 1.46. The SMILES string of the molecule is O=C(COC(=O)CSc1ccccc1Cl)Nc1ccc(S(=O)(=O)N2CCCCC2)cc1. The number of hydrogen-bond donors (Lipinski definition) is 1. The molecule has 1 aliphatic heterocycles. The number of piperidine rings is 1. The lowest BCUT2D eigenvalue weighted by Gasteiger charge is -2.25. The van der Waals surface area contributed by atoms with Crippen molar-refractivity contribution in [2.45, 2.75) is 29.1 Å². The maximum Gasteiger partial charge on any atom is 0.316 e. The van der Waals surface area contributed by atoms with Gasteiger partial charge in [-0.05, 0) is 49.2 Å². The van der Waals surface area contributed by atoms with E-state index in [0.29, 0.717) is 23.8 Å². The van der Waals surface area contributed by atoms with Gasteiger partial charge in [0.05, 0.1) is 15.7 Å². The molecule has 0 unspecified atom stereocenters. The molecule has 1 fully saturated rings. The van der Waals surface area contributed by atoms with Crippen LogP contribution in [0.25, 0.3) is 0 Å². The van der Waals surface area contributed by atoms with Gasteiger partial charge in [-0.1, -0.05) is 30.2 Å². The Morgan fingerprint density at radius 3 is 2.39 bits per heavy atom. The number of nitrogens with one attached hydrogen (secondary N) is 1. The minimum atomic E-state index is -3.52. The Labute approximate surface area is 191 Å². The maximum absolute atomic E-state index is 12.7. The van der Waals surface area contributed by atoms with Crippen molar-refractivity contribution in [2.24, 2.45) is 0 Å². The highest BCUT2D eigenvalue weighted by molar-refractivity contribution is 8.00. The van der Waals surface area contributed by atoms with Crippen LogP contribution in [0.3, 0.4) is 0 Å². The Bertz CT molecular complexity index is 1020. The molecule has 0 saturated carbocycles. The molecular formula is C21H23ClN2O5S2. The van der Waals surface area contributed by atoms with Crippen LogP contribution in [0.4, 0.5) is 5.69 Å². The normalized spacial score (nSPS) is 14.7. The van der Waals surface area contributed by atoms with Crippen LogP contribution in [-0.2, 0) is 24.3 Å². The summed E-state index contributed by atoms with van der Waals surface area (Å²) in [5.41, 5.74) is 0.420. The van der Waals surface area contributed by atoms with Gasteiger partial charge in [-0.25, -0.2) is 8.42 Å². The van der Waals surface area contributed by atoms with Gasteiger partial charge in [-0.15, -0.1) is 11.8 Å². The summed E-state index contributed by atoms with van der Waals surface area (Å²) in [6, 6.07) is 13.1. The summed E-state index contributed by atoms with van der Waals surface area (Å²) in [5, 5.41) is 3.13. The quantitative estimate of drug-likeness (QED) is 0.454. The molecule has 0 spiro atoms. The number of hydrogen-bond acceptors (Lipinski definition) is 6. The second-order valence-electron chi connectivity index (χ2n) is 6.92. The van der Waals surface area contributed by atoms with E-state index in [0.717, 1.165) is 24.2 Å². The van der Waals surface area contributed by atoms with E-state index in [1.54, 1.807) is 18.2 Å². The lowest BCUT2D eigenvalue weighted by molar-refractivity contribution is -0.144. The number of anilines is 1. The zero-order valence-corrected chi connectivity index (χ0v) is 19.1. The third-order valence-electron chi connectivity index (χ3n) is 4.64. The van der Waals surface area contributed by atoms with Crippen LogP contribution in [-0.4, -0.2) is 50.0 Å². The van der Waals surface area contributed by atoms with Crippen LogP contribution in [0.1, 0.15) is 19.3 Å². The summed E-state index contributed by atoms with van der Waals surface area (Å²) in [7, 11) is -3.52. The minimum absolute atomic E-state index is 0.0278. The minimum Gasteiger partial charge on any atom is -0.455 e. The Hall–Kier alpha value is -2.07. The third-order valence-corrected chi connectivity index (χ3v) is 8.04. The number of thioether (sulfide) groups is 1. The van der Waals surface area contributed by atoms with Crippen LogP contribution < -0.4 is 5.32 Å². The molecule has 2 aromatic rings. The standard InChI is InChI=1S/C21H23ClN2O5S2/c22-18-6-2-3-7-19(18)30-15-21(26)29-14-20(25)23-16-8-10-17(11-9-16)31(27,28)24-12-4-1-5-13-24/h2-3,6-11H,1,4-5,12-15H2,(H,23,25). The smallest absolute Gasteiger partial charge is 0.316 e. The number of carbonyl (C=O) groups excluding carboxylic acids is 2. The topological polar surface area (TPSA) is 92.8 Å². The van der Waals surface area contributed by atoms with Crippen molar-refractivity contribution in [1.82, 2.24) is 4.31 Å². The summed E-state index contributed by atoms with van der Waals surface area (Å²) in [6.07, 6.45) is 2.77. The molecule has 7 nitrogen and oxygen atoms in total. The van der Waals surface area contributed by atoms with E-state index in [-0.39, 0.29) is 10.6 Å². The van der Waals surface area contributed by atoms with Gasteiger partial charge in [0.2, 0.25) is 10.0 Å². The number of sulfonamides is 1. The summed E-state index contributed by atoms with van der Waals surface area (Å²) in [4.78, 5) is 24.8. The fourth-order valence-electron chi connectivity index (χ4n) is 3.05. The highest BCUT2D eigenvalue weighted by Gasteiger charge is 2.25. The van der Waals surface area contributed by atoms with Crippen molar-refractivity contribution in [3.63, 3.8) is 0 Å². The maximum atomic E-state index is 12.7. The highest BCUT2D eigenvalue weighted by Crippen LogP contribution is 2.26. The van der Waals surface area contributed by atoms with Gasteiger partial charge in [0.1, 0.15) is 0 Å². The molecule has 10 heteroatoms. The molecule has 1 amide bonds. The van der Waals surface area contributed by atoms with Crippen molar-refractivity contribution in [1.29, 1.82) is 0 Å². The van der Waals surface area contributed by atoms with Gasteiger partial charge in [0.15, 0.2) is 6.61 Å². The first kappa shape index (κ1) is 23.6. The number of amides is 1. The van der Waals surface area contributed by atoms with Crippen LogP contribution in [0.2, 0.25) is 5.02 Å². The number of ether oxygens (including phenoxy) is 1. The van der Waals surface area contributed by atoms with Gasteiger partial charge in [0, 0.05) is 23.7 Å². The van der Waals surface area contributed by atoms with Crippen molar-refractivity contribution < 1.29 is 22.7 Å². The molecule has 0 aliphatic carbocycles. The van der Waals surface area contributed by atoms with E-state index in [1.807, 2.05) is 6.07 Å². The van der Waals surface area contributed by atoms with Crippen molar-refractivity contribution in [3.05, 3.63) is 53.6 Å². The molecule has 2 aromatic carbocycles.